The van der Waals surface area contributed by atoms with Crippen molar-refractivity contribution in [2.45, 2.75) is 71.1 Å². The Bertz CT molecular complexity index is 584. The number of ether oxygens (including phenoxy) is 1. The van der Waals surface area contributed by atoms with Gasteiger partial charge >= 0.3 is 6.09 Å². The first-order valence-corrected chi connectivity index (χ1v) is 7.83. The zero-order valence-electron chi connectivity index (χ0n) is 13.6. The van der Waals surface area contributed by atoms with Gasteiger partial charge in [0.15, 0.2) is 0 Å². The van der Waals surface area contributed by atoms with E-state index in [0.29, 0.717) is 11.8 Å². The van der Waals surface area contributed by atoms with E-state index in [9.17, 15) is 4.79 Å². The fraction of sp³-hybridized carbons (Fsp3) is 0.688. The van der Waals surface area contributed by atoms with Gasteiger partial charge in [-0.1, -0.05) is 5.57 Å². The van der Waals surface area contributed by atoms with Crippen LogP contribution < -0.4 is 0 Å². The van der Waals surface area contributed by atoms with E-state index in [0.717, 1.165) is 25.7 Å². The molecule has 2 saturated heterocycles. The maximum Gasteiger partial charge on any atom is 0.410 e. The third-order valence-corrected chi connectivity index (χ3v) is 4.09. The lowest BCUT2D eigenvalue weighted by atomic mass is 9.97. The third kappa shape index (κ3) is 3.15. The van der Waals surface area contributed by atoms with Crippen LogP contribution >= 0.6 is 0 Å². The monoisotopic (exact) mass is 305 g/mol. The molecule has 6 nitrogen and oxygen atoms in total. The Balaban J connectivity index is 1.71. The van der Waals surface area contributed by atoms with E-state index in [1.54, 1.807) is 6.92 Å². The summed E-state index contributed by atoms with van der Waals surface area (Å²) in [7, 11) is 0. The fourth-order valence-corrected chi connectivity index (χ4v) is 3.33. The van der Waals surface area contributed by atoms with Gasteiger partial charge in [-0.05, 0) is 46.5 Å². The van der Waals surface area contributed by atoms with E-state index in [1.807, 2.05) is 31.7 Å². The molecule has 1 amide bonds. The van der Waals surface area contributed by atoms with Crippen molar-refractivity contribution in [3.63, 3.8) is 0 Å². The number of piperidine rings is 1. The number of rotatable bonds is 1. The molecule has 2 fully saturated rings. The highest BCUT2D eigenvalue weighted by atomic mass is 16.6. The Morgan fingerprint density at radius 1 is 1.27 bits per heavy atom. The normalized spacial score (nSPS) is 24.5. The van der Waals surface area contributed by atoms with Crippen molar-refractivity contribution in [1.82, 2.24) is 15.1 Å². The summed E-state index contributed by atoms with van der Waals surface area (Å²) in [6.07, 6.45) is 5.56. The number of nitrogens with zero attached hydrogens (tertiary/aromatic N) is 3. The minimum atomic E-state index is -0.450. The van der Waals surface area contributed by atoms with Gasteiger partial charge in [0.25, 0.3) is 0 Å². The Morgan fingerprint density at radius 3 is 2.41 bits per heavy atom. The number of hydrogen-bond acceptors (Lipinski definition) is 5. The van der Waals surface area contributed by atoms with E-state index >= 15 is 0 Å². The molecule has 2 unspecified atom stereocenters. The Morgan fingerprint density at radius 2 is 1.91 bits per heavy atom. The number of carbonyl (C=O) groups excluding carboxylic acids is 1. The van der Waals surface area contributed by atoms with Crippen LogP contribution in [0.1, 0.15) is 58.2 Å². The molecule has 1 aromatic heterocycles. The van der Waals surface area contributed by atoms with Crippen molar-refractivity contribution in [1.29, 1.82) is 0 Å². The van der Waals surface area contributed by atoms with Gasteiger partial charge in [0.1, 0.15) is 5.60 Å². The van der Waals surface area contributed by atoms with Gasteiger partial charge in [-0.25, -0.2) is 4.79 Å². The maximum atomic E-state index is 12.4. The molecular weight excluding hydrogens is 282 g/mol. The number of hydrogen-bond donors (Lipinski definition) is 0. The van der Waals surface area contributed by atoms with Gasteiger partial charge in [0.2, 0.25) is 11.8 Å². The largest absolute Gasteiger partial charge is 0.444 e. The molecule has 0 saturated carbocycles. The number of aryl methyl sites for hydroxylation is 1. The molecule has 0 aromatic carbocycles. The maximum absolute atomic E-state index is 12.4. The number of amides is 1. The van der Waals surface area contributed by atoms with Crippen LogP contribution in [0.2, 0.25) is 0 Å². The predicted molar refractivity (Wildman–Crippen MR) is 81.1 cm³/mol. The Labute approximate surface area is 130 Å². The van der Waals surface area contributed by atoms with Crippen LogP contribution in [-0.2, 0) is 4.74 Å². The number of aromatic nitrogens is 2. The molecular formula is C16H23N3O3. The first-order valence-electron chi connectivity index (χ1n) is 7.83. The lowest BCUT2D eigenvalue weighted by Gasteiger charge is -2.37. The van der Waals surface area contributed by atoms with Crippen LogP contribution in [0, 0.1) is 6.92 Å². The first-order chi connectivity index (χ1) is 10.3. The molecule has 0 N–H and O–H groups in total. The Hall–Kier alpha value is -1.85. The predicted octanol–water partition coefficient (Wildman–Crippen LogP) is 3.32. The van der Waals surface area contributed by atoms with E-state index in [2.05, 4.69) is 10.2 Å². The average Bonchev–Trinajstić information content (AvgIpc) is 2.89. The van der Waals surface area contributed by atoms with Gasteiger partial charge in [-0.3, -0.25) is 0 Å². The van der Waals surface area contributed by atoms with Crippen LogP contribution in [0.5, 0.6) is 0 Å². The molecule has 6 heteroatoms. The molecule has 1 aromatic rings. The lowest BCUT2D eigenvalue weighted by Crippen LogP contribution is -2.46. The SMILES string of the molecule is Cc1nnc(C=C2CC3CCC(C2)N3C(=O)OC(C)(C)C)o1. The molecule has 120 valence electrons. The van der Waals surface area contributed by atoms with E-state index in [-0.39, 0.29) is 18.2 Å². The van der Waals surface area contributed by atoms with Crippen molar-refractivity contribution in [3.05, 3.63) is 17.4 Å². The second-order valence-electron chi connectivity index (χ2n) is 7.14. The summed E-state index contributed by atoms with van der Waals surface area (Å²) in [5.41, 5.74) is 0.824. The fourth-order valence-electron chi connectivity index (χ4n) is 3.33. The highest BCUT2D eigenvalue weighted by Gasteiger charge is 2.43. The summed E-state index contributed by atoms with van der Waals surface area (Å²) in [6, 6.07) is 0.452. The molecule has 0 spiro atoms. The minimum absolute atomic E-state index is 0.187. The summed E-state index contributed by atoms with van der Waals surface area (Å²) >= 11 is 0. The highest BCUT2D eigenvalue weighted by Crippen LogP contribution is 2.39. The van der Waals surface area contributed by atoms with Gasteiger partial charge < -0.3 is 14.1 Å². The second-order valence-corrected chi connectivity index (χ2v) is 7.14. The van der Waals surface area contributed by atoms with Gasteiger partial charge in [-0.2, -0.15) is 0 Å². The molecule has 2 aliphatic heterocycles. The first kappa shape index (κ1) is 15.1. The summed E-state index contributed by atoms with van der Waals surface area (Å²) in [4.78, 5) is 14.3. The Kier molecular flexibility index (Phi) is 3.70. The van der Waals surface area contributed by atoms with Gasteiger partial charge in [0, 0.05) is 25.1 Å². The molecule has 0 radical (unpaired) electrons. The van der Waals surface area contributed by atoms with Crippen molar-refractivity contribution in [3.8, 4) is 0 Å². The molecule has 2 atom stereocenters. The number of carbonyl (C=O) groups is 1. The van der Waals surface area contributed by atoms with Crippen LogP contribution in [0.3, 0.4) is 0 Å². The molecule has 22 heavy (non-hydrogen) atoms. The standard InChI is InChI=1S/C16H23N3O3/c1-10-17-18-14(21-10)9-11-7-12-5-6-13(8-11)19(12)15(20)22-16(2,3)4/h9,12-13H,5-8H2,1-4H3. The summed E-state index contributed by atoms with van der Waals surface area (Å²) in [5.74, 6) is 1.12. The molecule has 2 bridgehead atoms. The van der Waals surface area contributed by atoms with E-state index < -0.39 is 5.60 Å². The quantitative estimate of drug-likeness (QED) is 0.796. The van der Waals surface area contributed by atoms with Crippen LogP contribution in [0.4, 0.5) is 4.79 Å². The van der Waals surface area contributed by atoms with Crippen molar-refractivity contribution in [2.75, 3.05) is 0 Å². The van der Waals surface area contributed by atoms with E-state index in [4.69, 9.17) is 9.15 Å². The zero-order valence-corrected chi connectivity index (χ0v) is 13.6. The summed E-state index contributed by atoms with van der Waals surface area (Å²) in [6.45, 7) is 7.49. The molecule has 3 heterocycles. The summed E-state index contributed by atoms with van der Waals surface area (Å²) < 4.78 is 11.0. The molecule has 2 aliphatic rings. The third-order valence-electron chi connectivity index (χ3n) is 4.09. The molecule has 3 rings (SSSR count). The van der Waals surface area contributed by atoms with Gasteiger partial charge in [0.05, 0.1) is 0 Å². The minimum Gasteiger partial charge on any atom is -0.444 e. The average molecular weight is 305 g/mol. The highest BCUT2D eigenvalue weighted by molar-refractivity contribution is 5.70. The zero-order chi connectivity index (χ0) is 15.9. The van der Waals surface area contributed by atoms with Crippen LogP contribution in [-0.4, -0.2) is 38.9 Å². The van der Waals surface area contributed by atoms with Crippen LogP contribution in [0.25, 0.3) is 6.08 Å². The second kappa shape index (κ2) is 5.41. The van der Waals surface area contributed by atoms with E-state index in [1.165, 1.54) is 5.57 Å². The lowest BCUT2D eigenvalue weighted by molar-refractivity contribution is 0.0116. The van der Waals surface area contributed by atoms with Gasteiger partial charge in [-0.15, -0.1) is 10.2 Å². The smallest absolute Gasteiger partial charge is 0.410 e. The number of fused-ring (bicyclic) bond motifs is 2. The summed E-state index contributed by atoms with van der Waals surface area (Å²) in [5, 5.41) is 7.86. The van der Waals surface area contributed by atoms with Crippen molar-refractivity contribution >= 4 is 12.2 Å². The van der Waals surface area contributed by atoms with Crippen molar-refractivity contribution in [2.24, 2.45) is 0 Å². The van der Waals surface area contributed by atoms with Crippen LogP contribution in [0.15, 0.2) is 9.99 Å². The topological polar surface area (TPSA) is 68.5 Å². The molecule has 0 aliphatic carbocycles. The van der Waals surface area contributed by atoms with Crippen molar-refractivity contribution < 1.29 is 13.9 Å².